The highest BCUT2D eigenvalue weighted by molar-refractivity contribution is 5.80. The van der Waals surface area contributed by atoms with Crippen molar-refractivity contribution in [3.05, 3.63) is 0 Å². The predicted octanol–water partition coefficient (Wildman–Crippen LogP) is 1.49. The molecule has 7 nitrogen and oxygen atoms in total. The summed E-state index contributed by atoms with van der Waals surface area (Å²) < 4.78 is 5.30. The maximum Gasteiger partial charge on any atom is 0.237 e. The lowest BCUT2D eigenvalue weighted by Gasteiger charge is -2.34. The van der Waals surface area contributed by atoms with Gasteiger partial charge < -0.3 is 19.9 Å². The Morgan fingerprint density at radius 3 is 2.58 bits per heavy atom. The Labute approximate surface area is 156 Å². The van der Waals surface area contributed by atoms with Gasteiger partial charge in [0.2, 0.25) is 11.8 Å². The Kier molecular flexibility index (Phi) is 7.85. The number of nitrogens with zero attached hydrogens (tertiary/aromatic N) is 3. The summed E-state index contributed by atoms with van der Waals surface area (Å²) in [5.41, 5.74) is 0. The smallest absolute Gasteiger partial charge is 0.237 e. The summed E-state index contributed by atoms with van der Waals surface area (Å²) in [6.07, 6.45) is 4.95. The largest absolute Gasteiger partial charge is 0.362 e. The second-order valence-electron chi connectivity index (χ2n) is 7.26. The van der Waals surface area contributed by atoms with Gasteiger partial charge in [-0.2, -0.15) is 5.26 Å². The highest BCUT2D eigenvalue weighted by Gasteiger charge is 2.32. The topological polar surface area (TPSA) is 85.7 Å². The van der Waals surface area contributed by atoms with E-state index in [1.807, 2.05) is 13.8 Å². The molecule has 2 fully saturated rings. The molecular weight excluding hydrogens is 332 g/mol. The van der Waals surface area contributed by atoms with Crippen molar-refractivity contribution in [2.45, 2.75) is 70.7 Å². The number of ether oxygens (including phenoxy) is 1. The summed E-state index contributed by atoms with van der Waals surface area (Å²) in [7, 11) is 1.62. The Morgan fingerprint density at radius 2 is 2.00 bits per heavy atom. The van der Waals surface area contributed by atoms with Gasteiger partial charge in [-0.1, -0.05) is 0 Å². The third kappa shape index (κ3) is 4.95. The van der Waals surface area contributed by atoms with Crippen LogP contribution in [0.3, 0.4) is 0 Å². The SMILES string of the molecule is CCN(C(=O)C1CCC(NCC(=O)N2CCC[C@H]2C#N)CC1)[C@H](C)OC. The highest BCUT2D eigenvalue weighted by Crippen LogP contribution is 2.27. The molecule has 1 aliphatic heterocycles. The Hall–Kier alpha value is -1.65. The van der Waals surface area contributed by atoms with E-state index in [1.165, 1.54) is 0 Å². The number of hydrogen-bond donors (Lipinski definition) is 1. The summed E-state index contributed by atoms with van der Waals surface area (Å²) in [6, 6.07) is 2.21. The monoisotopic (exact) mass is 364 g/mol. The van der Waals surface area contributed by atoms with E-state index in [0.717, 1.165) is 38.5 Å². The first-order valence-corrected chi connectivity index (χ1v) is 9.77. The van der Waals surface area contributed by atoms with Gasteiger partial charge in [0.1, 0.15) is 12.3 Å². The molecule has 1 N–H and O–H groups in total. The Balaban J connectivity index is 1.75. The molecule has 1 saturated carbocycles. The van der Waals surface area contributed by atoms with Crippen LogP contribution in [0.25, 0.3) is 0 Å². The van der Waals surface area contributed by atoms with Gasteiger partial charge in [-0.15, -0.1) is 0 Å². The molecule has 7 heteroatoms. The molecule has 0 radical (unpaired) electrons. The molecular formula is C19H32N4O3. The lowest BCUT2D eigenvalue weighted by Crippen LogP contribution is -2.47. The molecule has 0 spiro atoms. The van der Waals surface area contributed by atoms with Crippen molar-refractivity contribution < 1.29 is 14.3 Å². The van der Waals surface area contributed by atoms with Crippen LogP contribution < -0.4 is 5.32 Å². The number of rotatable bonds is 7. The minimum Gasteiger partial charge on any atom is -0.362 e. The van der Waals surface area contributed by atoms with Crippen molar-refractivity contribution in [3.8, 4) is 6.07 Å². The number of nitriles is 1. The normalized spacial score (nSPS) is 27.0. The minimum absolute atomic E-state index is 0.0123. The number of methoxy groups -OCH3 is 1. The Morgan fingerprint density at radius 1 is 1.31 bits per heavy atom. The summed E-state index contributed by atoms with van der Waals surface area (Å²) in [4.78, 5) is 28.5. The number of nitrogens with one attached hydrogen (secondary N) is 1. The molecule has 2 amide bonds. The summed E-state index contributed by atoms with van der Waals surface area (Å²) in [5, 5.41) is 12.4. The molecule has 2 aliphatic rings. The maximum absolute atomic E-state index is 12.7. The van der Waals surface area contributed by atoms with E-state index in [4.69, 9.17) is 10.00 Å². The third-order valence-corrected chi connectivity index (χ3v) is 5.74. The van der Waals surface area contributed by atoms with Crippen LogP contribution in [0, 0.1) is 17.2 Å². The van der Waals surface area contributed by atoms with Crippen molar-refractivity contribution in [2.75, 3.05) is 26.7 Å². The second kappa shape index (κ2) is 9.89. The van der Waals surface area contributed by atoms with Crippen LogP contribution in [0.5, 0.6) is 0 Å². The maximum atomic E-state index is 12.7. The molecule has 146 valence electrons. The second-order valence-corrected chi connectivity index (χ2v) is 7.26. The fourth-order valence-electron chi connectivity index (χ4n) is 4.03. The fraction of sp³-hybridized carbons (Fsp3) is 0.842. The van der Waals surface area contributed by atoms with Crippen LogP contribution >= 0.6 is 0 Å². The summed E-state index contributed by atoms with van der Waals surface area (Å²) in [5.74, 6) is 0.228. The lowest BCUT2D eigenvalue weighted by molar-refractivity contribution is -0.147. The van der Waals surface area contributed by atoms with Gasteiger partial charge in [-0.05, 0) is 52.4 Å². The molecule has 0 aromatic rings. The van der Waals surface area contributed by atoms with Crippen LogP contribution in [-0.2, 0) is 14.3 Å². The number of hydrogen-bond acceptors (Lipinski definition) is 5. The van der Waals surface area contributed by atoms with E-state index in [1.54, 1.807) is 16.9 Å². The lowest BCUT2D eigenvalue weighted by atomic mass is 9.85. The van der Waals surface area contributed by atoms with Gasteiger partial charge in [0, 0.05) is 32.2 Å². The van der Waals surface area contributed by atoms with Crippen LogP contribution in [0.1, 0.15) is 52.4 Å². The van der Waals surface area contributed by atoms with Crippen molar-refractivity contribution in [1.82, 2.24) is 15.1 Å². The first-order chi connectivity index (χ1) is 12.5. The molecule has 2 atom stereocenters. The molecule has 2 rings (SSSR count). The molecule has 0 aromatic heterocycles. The third-order valence-electron chi connectivity index (χ3n) is 5.74. The molecule has 26 heavy (non-hydrogen) atoms. The van der Waals surface area contributed by atoms with E-state index in [-0.39, 0.29) is 42.6 Å². The number of likely N-dealkylation sites (tertiary alicyclic amines) is 1. The average Bonchev–Trinajstić information content (AvgIpc) is 3.15. The van der Waals surface area contributed by atoms with Crippen molar-refractivity contribution in [2.24, 2.45) is 5.92 Å². The average molecular weight is 364 g/mol. The fourth-order valence-corrected chi connectivity index (χ4v) is 4.03. The molecule has 1 aliphatic carbocycles. The number of carbonyl (C=O) groups excluding carboxylic acids is 2. The quantitative estimate of drug-likeness (QED) is 0.692. The van der Waals surface area contributed by atoms with E-state index >= 15 is 0 Å². The molecule has 1 saturated heterocycles. The van der Waals surface area contributed by atoms with Gasteiger partial charge >= 0.3 is 0 Å². The van der Waals surface area contributed by atoms with Gasteiger partial charge in [-0.3, -0.25) is 9.59 Å². The van der Waals surface area contributed by atoms with Crippen LogP contribution in [0.2, 0.25) is 0 Å². The van der Waals surface area contributed by atoms with E-state index in [2.05, 4.69) is 11.4 Å². The van der Waals surface area contributed by atoms with Crippen LogP contribution in [-0.4, -0.2) is 66.7 Å². The predicted molar refractivity (Wildman–Crippen MR) is 98.0 cm³/mol. The van der Waals surface area contributed by atoms with Gasteiger partial charge in [0.15, 0.2) is 0 Å². The molecule has 0 aromatic carbocycles. The highest BCUT2D eigenvalue weighted by atomic mass is 16.5. The first-order valence-electron chi connectivity index (χ1n) is 9.77. The van der Waals surface area contributed by atoms with Crippen molar-refractivity contribution in [1.29, 1.82) is 5.26 Å². The van der Waals surface area contributed by atoms with Crippen LogP contribution in [0.15, 0.2) is 0 Å². The van der Waals surface area contributed by atoms with Crippen molar-refractivity contribution >= 4 is 11.8 Å². The first kappa shape index (κ1) is 20.7. The minimum atomic E-state index is -0.263. The van der Waals surface area contributed by atoms with E-state index in [9.17, 15) is 9.59 Å². The van der Waals surface area contributed by atoms with E-state index in [0.29, 0.717) is 13.1 Å². The summed E-state index contributed by atoms with van der Waals surface area (Å²) in [6.45, 7) is 5.48. The Bertz CT molecular complexity index is 525. The molecule has 1 heterocycles. The van der Waals surface area contributed by atoms with Gasteiger partial charge in [-0.25, -0.2) is 0 Å². The molecule has 0 unspecified atom stereocenters. The zero-order chi connectivity index (χ0) is 19.1. The van der Waals surface area contributed by atoms with Gasteiger partial charge in [0.25, 0.3) is 0 Å². The van der Waals surface area contributed by atoms with Crippen molar-refractivity contribution in [3.63, 3.8) is 0 Å². The standard InChI is InChI=1S/C19H32N4O3/c1-4-22(14(2)26-3)19(25)15-7-9-16(10-8-15)21-13-18(24)23-11-5-6-17(23)12-20/h14-17,21H,4-11,13H2,1-3H3/t14-,15?,16?,17-/m0/s1. The molecule has 0 bridgehead atoms. The van der Waals surface area contributed by atoms with Crippen LogP contribution in [0.4, 0.5) is 0 Å². The van der Waals surface area contributed by atoms with Gasteiger partial charge in [0.05, 0.1) is 12.6 Å². The number of carbonyl (C=O) groups is 2. The van der Waals surface area contributed by atoms with E-state index < -0.39 is 0 Å². The number of amides is 2. The zero-order valence-electron chi connectivity index (χ0n) is 16.2. The summed E-state index contributed by atoms with van der Waals surface area (Å²) >= 11 is 0. The zero-order valence-corrected chi connectivity index (χ0v) is 16.2.